The molecular weight excluding hydrogens is 500 g/mol. The predicted molar refractivity (Wildman–Crippen MR) is 132 cm³/mol. The topological polar surface area (TPSA) is 75.0 Å². The third kappa shape index (κ3) is 4.19. The second kappa shape index (κ2) is 9.35. The fourth-order valence-corrected chi connectivity index (χ4v) is 4.33. The van der Waals surface area contributed by atoms with E-state index in [0.29, 0.717) is 69.0 Å². The smallest absolute Gasteiger partial charge is 0.344 e. The van der Waals surface area contributed by atoms with E-state index in [1.807, 2.05) is 19.1 Å². The van der Waals surface area contributed by atoms with Gasteiger partial charge in [-0.25, -0.2) is 4.79 Å². The SMILES string of the molecule is CCc1cc2c(=O)c(-c3ccc4c(c3)OCCCO4)coc2cc1OC(=O)c1ccccc1Br. The van der Waals surface area contributed by atoms with Crippen LogP contribution in [-0.4, -0.2) is 19.2 Å². The first-order valence-electron chi connectivity index (χ1n) is 11.0. The average molecular weight is 521 g/mol. The van der Waals surface area contributed by atoms with Gasteiger partial charge in [0.15, 0.2) is 11.5 Å². The van der Waals surface area contributed by atoms with Gasteiger partial charge in [-0.2, -0.15) is 0 Å². The molecule has 0 saturated heterocycles. The molecule has 0 N–H and O–H groups in total. The van der Waals surface area contributed by atoms with Crippen LogP contribution in [0.15, 0.2) is 74.5 Å². The molecule has 0 amide bonds. The number of hydrogen-bond acceptors (Lipinski definition) is 6. The van der Waals surface area contributed by atoms with Gasteiger partial charge in [0.05, 0.1) is 29.7 Å². The van der Waals surface area contributed by atoms with Gasteiger partial charge in [-0.05, 0) is 63.8 Å². The highest BCUT2D eigenvalue weighted by atomic mass is 79.9. The summed E-state index contributed by atoms with van der Waals surface area (Å²) < 4.78 is 23.6. The number of benzene rings is 3. The van der Waals surface area contributed by atoms with E-state index in [2.05, 4.69) is 15.9 Å². The Morgan fingerprint density at radius 2 is 1.82 bits per heavy atom. The van der Waals surface area contributed by atoms with Gasteiger partial charge < -0.3 is 18.6 Å². The van der Waals surface area contributed by atoms with Crippen LogP contribution in [0.1, 0.15) is 29.3 Å². The van der Waals surface area contributed by atoms with Crippen molar-refractivity contribution in [2.75, 3.05) is 13.2 Å². The molecule has 0 radical (unpaired) electrons. The number of ether oxygens (including phenoxy) is 3. The second-order valence-electron chi connectivity index (χ2n) is 7.87. The van der Waals surface area contributed by atoms with Crippen LogP contribution in [0.3, 0.4) is 0 Å². The molecule has 0 saturated carbocycles. The highest BCUT2D eigenvalue weighted by Gasteiger charge is 2.19. The third-order valence-corrected chi connectivity index (χ3v) is 6.38. The minimum atomic E-state index is -0.493. The van der Waals surface area contributed by atoms with Gasteiger partial charge in [0.2, 0.25) is 5.43 Å². The van der Waals surface area contributed by atoms with Crippen molar-refractivity contribution in [1.29, 1.82) is 0 Å². The fraction of sp³-hybridized carbons (Fsp3) is 0.185. The van der Waals surface area contributed by atoms with Crippen molar-refractivity contribution < 1.29 is 23.4 Å². The Morgan fingerprint density at radius 3 is 2.62 bits per heavy atom. The number of halogens is 1. The van der Waals surface area contributed by atoms with Gasteiger partial charge in [-0.3, -0.25) is 4.79 Å². The molecule has 0 bridgehead atoms. The number of fused-ring (bicyclic) bond motifs is 2. The van der Waals surface area contributed by atoms with E-state index in [-0.39, 0.29) is 5.43 Å². The summed E-state index contributed by atoms with van der Waals surface area (Å²) in [5.41, 5.74) is 2.42. The first-order valence-corrected chi connectivity index (χ1v) is 11.8. The highest BCUT2D eigenvalue weighted by molar-refractivity contribution is 9.10. The summed E-state index contributed by atoms with van der Waals surface area (Å²) in [6, 6.07) is 15.8. The lowest BCUT2D eigenvalue weighted by Crippen LogP contribution is -2.11. The Bertz CT molecular complexity index is 1460. The van der Waals surface area contributed by atoms with Crippen molar-refractivity contribution in [2.24, 2.45) is 0 Å². The van der Waals surface area contributed by atoms with Crippen LogP contribution >= 0.6 is 15.9 Å². The van der Waals surface area contributed by atoms with Gasteiger partial charge in [0.25, 0.3) is 0 Å². The van der Waals surface area contributed by atoms with E-state index in [4.69, 9.17) is 18.6 Å². The Morgan fingerprint density at radius 1 is 1.03 bits per heavy atom. The molecule has 0 fully saturated rings. The molecule has 0 unspecified atom stereocenters. The molecule has 1 aromatic heterocycles. The summed E-state index contributed by atoms with van der Waals surface area (Å²) in [5, 5.41) is 0.419. The molecule has 7 heteroatoms. The molecule has 5 rings (SSSR count). The third-order valence-electron chi connectivity index (χ3n) is 5.69. The Labute approximate surface area is 204 Å². The van der Waals surface area contributed by atoms with Gasteiger partial charge in [-0.1, -0.05) is 25.1 Å². The van der Waals surface area contributed by atoms with Crippen LogP contribution in [0.5, 0.6) is 17.2 Å². The summed E-state index contributed by atoms with van der Waals surface area (Å²) in [5.74, 6) is 1.14. The van der Waals surface area contributed by atoms with Crippen LogP contribution in [0.2, 0.25) is 0 Å². The maximum atomic E-state index is 13.4. The highest BCUT2D eigenvalue weighted by Crippen LogP contribution is 2.34. The zero-order valence-corrected chi connectivity index (χ0v) is 20.0. The van der Waals surface area contributed by atoms with E-state index in [9.17, 15) is 9.59 Å². The Kier molecular flexibility index (Phi) is 6.11. The van der Waals surface area contributed by atoms with Gasteiger partial charge in [0, 0.05) is 17.0 Å². The van der Waals surface area contributed by atoms with Crippen molar-refractivity contribution in [1.82, 2.24) is 0 Å². The molecule has 3 aromatic carbocycles. The number of carbonyl (C=O) groups excluding carboxylic acids is 1. The van der Waals surface area contributed by atoms with Gasteiger partial charge in [-0.15, -0.1) is 0 Å². The molecule has 0 atom stereocenters. The number of rotatable bonds is 4. The first-order chi connectivity index (χ1) is 16.5. The number of hydrogen-bond donors (Lipinski definition) is 0. The molecule has 2 heterocycles. The Hall–Kier alpha value is -3.58. The summed E-state index contributed by atoms with van der Waals surface area (Å²) in [6.45, 7) is 3.09. The van der Waals surface area contributed by atoms with Crippen molar-refractivity contribution >= 4 is 32.9 Å². The maximum absolute atomic E-state index is 13.4. The normalized spacial score (nSPS) is 12.9. The Balaban J connectivity index is 1.53. The number of aryl methyl sites for hydroxylation is 1. The standard InChI is InChI=1S/C27H21BrO6/c1-2-16-12-19-24(14-23(16)34-27(30)18-6-3-4-7-21(18)28)33-15-20(26(19)29)17-8-9-22-25(13-17)32-11-5-10-31-22/h3-4,6-9,12-15H,2,5,10-11H2,1H3. The summed E-state index contributed by atoms with van der Waals surface area (Å²) >= 11 is 3.38. The van der Waals surface area contributed by atoms with Crippen molar-refractivity contribution in [3.8, 4) is 28.4 Å². The lowest BCUT2D eigenvalue weighted by molar-refractivity contribution is 0.0732. The van der Waals surface area contributed by atoms with E-state index in [1.165, 1.54) is 6.26 Å². The molecule has 6 nitrogen and oxygen atoms in total. The van der Waals surface area contributed by atoms with Crippen LogP contribution in [0, 0.1) is 0 Å². The van der Waals surface area contributed by atoms with E-state index >= 15 is 0 Å². The summed E-state index contributed by atoms with van der Waals surface area (Å²) in [4.78, 5) is 26.1. The fourth-order valence-electron chi connectivity index (χ4n) is 3.88. The monoisotopic (exact) mass is 520 g/mol. The summed E-state index contributed by atoms with van der Waals surface area (Å²) in [6.07, 6.45) is 2.80. The van der Waals surface area contributed by atoms with E-state index < -0.39 is 5.97 Å². The second-order valence-corrected chi connectivity index (χ2v) is 8.72. The molecule has 0 aliphatic carbocycles. The quantitative estimate of drug-likeness (QED) is 0.236. The van der Waals surface area contributed by atoms with Crippen LogP contribution in [0.25, 0.3) is 22.1 Å². The van der Waals surface area contributed by atoms with Crippen molar-refractivity contribution in [3.05, 3.63) is 86.7 Å². The van der Waals surface area contributed by atoms with Crippen LogP contribution in [0.4, 0.5) is 0 Å². The first kappa shape index (κ1) is 22.2. The van der Waals surface area contributed by atoms with Crippen molar-refractivity contribution in [3.63, 3.8) is 0 Å². The van der Waals surface area contributed by atoms with Crippen LogP contribution in [-0.2, 0) is 6.42 Å². The maximum Gasteiger partial charge on any atom is 0.344 e. The average Bonchev–Trinajstić information content (AvgIpc) is 3.09. The predicted octanol–water partition coefficient (Wildman–Crippen LogP) is 6.17. The molecule has 34 heavy (non-hydrogen) atoms. The molecule has 172 valence electrons. The van der Waals surface area contributed by atoms with Gasteiger partial charge >= 0.3 is 5.97 Å². The van der Waals surface area contributed by atoms with E-state index in [1.54, 1.807) is 42.5 Å². The summed E-state index contributed by atoms with van der Waals surface area (Å²) in [7, 11) is 0. The zero-order valence-electron chi connectivity index (χ0n) is 18.4. The molecule has 4 aromatic rings. The lowest BCUT2D eigenvalue weighted by atomic mass is 10.0. The van der Waals surface area contributed by atoms with Gasteiger partial charge in [0.1, 0.15) is 17.6 Å². The molecule has 0 spiro atoms. The minimum Gasteiger partial charge on any atom is -0.490 e. The number of carbonyl (C=O) groups is 1. The minimum absolute atomic E-state index is 0.172. The number of esters is 1. The molecule has 1 aliphatic rings. The lowest BCUT2D eigenvalue weighted by Gasteiger charge is -2.12. The molecular formula is C27H21BrO6. The van der Waals surface area contributed by atoms with Crippen LogP contribution < -0.4 is 19.6 Å². The van der Waals surface area contributed by atoms with E-state index in [0.717, 1.165) is 12.0 Å². The molecule has 1 aliphatic heterocycles. The zero-order chi connectivity index (χ0) is 23.7. The van der Waals surface area contributed by atoms with Crippen molar-refractivity contribution in [2.45, 2.75) is 19.8 Å². The largest absolute Gasteiger partial charge is 0.490 e.